The van der Waals surface area contributed by atoms with Crippen LogP contribution >= 0.6 is 0 Å². The van der Waals surface area contributed by atoms with Gasteiger partial charge in [-0.2, -0.15) is 0 Å². The third-order valence-electron chi connectivity index (χ3n) is 5.17. The second-order valence-electron chi connectivity index (χ2n) is 7.42. The van der Waals surface area contributed by atoms with E-state index < -0.39 is 24.6 Å². The molecular formula is C26H26O5. The van der Waals surface area contributed by atoms with Crippen molar-refractivity contribution in [3.8, 4) is 0 Å². The molecule has 0 amide bonds. The molecule has 5 heteroatoms. The maximum atomic E-state index is 11.8. The van der Waals surface area contributed by atoms with Crippen molar-refractivity contribution in [3.05, 3.63) is 108 Å². The molecule has 0 saturated carbocycles. The summed E-state index contributed by atoms with van der Waals surface area (Å²) >= 11 is 0. The van der Waals surface area contributed by atoms with E-state index in [-0.39, 0.29) is 0 Å². The van der Waals surface area contributed by atoms with Gasteiger partial charge in [-0.25, -0.2) is 0 Å². The lowest BCUT2D eigenvalue weighted by Gasteiger charge is -2.24. The second-order valence-corrected chi connectivity index (χ2v) is 7.42. The first-order chi connectivity index (χ1) is 15.3. The Morgan fingerprint density at radius 3 is 1.48 bits per heavy atom. The van der Waals surface area contributed by atoms with Gasteiger partial charge in [0.2, 0.25) is 0 Å². The van der Waals surface area contributed by atoms with Crippen LogP contribution < -0.4 is 0 Å². The molecule has 4 atom stereocenters. The van der Waals surface area contributed by atoms with E-state index >= 15 is 0 Å². The highest BCUT2D eigenvalue weighted by Gasteiger charge is 2.47. The average molecular weight is 418 g/mol. The highest BCUT2D eigenvalue weighted by Crippen LogP contribution is 2.29. The molecule has 0 bridgehead atoms. The van der Waals surface area contributed by atoms with Gasteiger partial charge in [0, 0.05) is 0 Å². The highest BCUT2D eigenvalue weighted by molar-refractivity contribution is 5.58. The first-order valence-corrected chi connectivity index (χ1v) is 10.4. The summed E-state index contributed by atoms with van der Waals surface area (Å²) in [5.41, 5.74) is 3.06. The lowest BCUT2D eigenvalue weighted by molar-refractivity contribution is -0.186. The molecule has 3 aromatic rings. The largest absolute Gasteiger partial charge is 0.367 e. The minimum absolute atomic E-state index is 0.355. The zero-order valence-corrected chi connectivity index (χ0v) is 17.2. The molecule has 0 aromatic heterocycles. The van der Waals surface area contributed by atoms with Gasteiger partial charge in [-0.05, 0) is 16.7 Å². The quantitative estimate of drug-likeness (QED) is 0.460. The second kappa shape index (κ2) is 11.0. The number of benzene rings is 3. The number of hydrogen-bond donors (Lipinski definition) is 0. The molecule has 0 spiro atoms. The van der Waals surface area contributed by atoms with E-state index in [4.69, 9.17) is 18.9 Å². The maximum absolute atomic E-state index is 11.8. The SMILES string of the molecule is O=C[C@H]1O[C@H](OCc2ccccc2)[C@H](OCc2ccccc2)[C@@H]1OCc1ccccc1. The van der Waals surface area contributed by atoms with Crippen LogP contribution in [0.25, 0.3) is 0 Å². The third kappa shape index (κ3) is 5.87. The van der Waals surface area contributed by atoms with Gasteiger partial charge < -0.3 is 23.7 Å². The number of rotatable bonds is 10. The van der Waals surface area contributed by atoms with Crippen LogP contribution in [0.4, 0.5) is 0 Å². The van der Waals surface area contributed by atoms with E-state index in [9.17, 15) is 4.79 Å². The molecule has 0 aliphatic carbocycles. The van der Waals surface area contributed by atoms with Gasteiger partial charge in [0.1, 0.15) is 18.3 Å². The van der Waals surface area contributed by atoms with Crippen LogP contribution in [0.1, 0.15) is 16.7 Å². The van der Waals surface area contributed by atoms with Crippen molar-refractivity contribution in [1.82, 2.24) is 0 Å². The Kier molecular flexibility index (Phi) is 7.58. The van der Waals surface area contributed by atoms with Gasteiger partial charge in [-0.1, -0.05) is 91.0 Å². The van der Waals surface area contributed by atoms with Crippen molar-refractivity contribution >= 4 is 6.29 Å². The van der Waals surface area contributed by atoms with E-state index in [2.05, 4.69) is 0 Å². The van der Waals surface area contributed by atoms with Crippen LogP contribution in [0.3, 0.4) is 0 Å². The van der Waals surface area contributed by atoms with Gasteiger partial charge in [0.05, 0.1) is 19.8 Å². The smallest absolute Gasteiger partial charge is 0.187 e. The molecule has 1 fully saturated rings. The minimum atomic E-state index is -0.759. The molecule has 1 aliphatic rings. The molecule has 0 unspecified atom stereocenters. The summed E-state index contributed by atoms with van der Waals surface area (Å²) in [6.07, 6.45) is -1.81. The Balaban J connectivity index is 1.47. The first-order valence-electron chi connectivity index (χ1n) is 10.4. The van der Waals surface area contributed by atoms with E-state index in [0.29, 0.717) is 19.8 Å². The lowest BCUT2D eigenvalue weighted by Crippen LogP contribution is -2.38. The zero-order chi connectivity index (χ0) is 21.3. The Hall–Kier alpha value is -2.83. The van der Waals surface area contributed by atoms with Crippen LogP contribution in [-0.4, -0.2) is 30.9 Å². The van der Waals surface area contributed by atoms with Crippen LogP contribution in [-0.2, 0) is 43.6 Å². The Morgan fingerprint density at radius 1 is 0.613 bits per heavy atom. The van der Waals surface area contributed by atoms with Crippen LogP contribution in [0.5, 0.6) is 0 Å². The normalized spacial score (nSPS) is 23.0. The molecule has 1 saturated heterocycles. The third-order valence-corrected chi connectivity index (χ3v) is 5.17. The molecule has 5 nitrogen and oxygen atoms in total. The van der Waals surface area contributed by atoms with Gasteiger partial charge in [0.25, 0.3) is 0 Å². The first kappa shape index (κ1) is 21.4. The standard InChI is InChI=1S/C26H26O5/c27-16-23-24(28-17-20-10-4-1-5-11-20)25(29-18-21-12-6-2-7-13-21)26(31-23)30-19-22-14-8-3-9-15-22/h1-16,23-26H,17-19H2/t23-,24-,25-,26+/m1/s1. The van der Waals surface area contributed by atoms with Crippen LogP contribution in [0, 0.1) is 0 Å². The van der Waals surface area contributed by atoms with Crippen molar-refractivity contribution in [2.75, 3.05) is 0 Å². The zero-order valence-electron chi connectivity index (χ0n) is 17.2. The molecule has 3 aromatic carbocycles. The van der Waals surface area contributed by atoms with Crippen molar-refractivity contribution in [2.45, 2.75) is 44.4 Å². The summed E-state index contributed by atoms with van der Waals surface area (Å²) in [5.74, 6) is 0. The number of carbonyl (C=O) groups excluding carboxylic acids is 1. The fourth-order valence-corrected chi connectivity index (χ4v) is 3.54. The van der Waals surface area contributed by atoms with Crippen LogP contribution in [0.2, 0.25) is 0 Å². The van der Waals surface area contributed by atoms with Gasteiger partial charge in [0.15, 0.2) is 12.6 Å². The monoisotopic (exact) mass is 418 g/mol. The van der Waals surface area contributed by atoms with E-state index in [1.165, 1.54) is 0 Å². The fourth-order valence-electron chi connectivity index (χ4n) is 3.54. The molecule has 1 heterocycles. The van der Waals surface area contributed by atoms with Gasteiger partial charge in [-0.15, -0.1) is 0 Å². The number of ether oxygens (including phenoxy) is 4. The average Bonchev–Trinajstić information content (AvgIpc) is 3.18. The van der Waals surface area contributed by atoms with E-state index in [0.717, 1.165) is 23.0 Å². The van der Waals surface area contributed by atoms with Crippen molar-refractivity contribution in [1.29, 1.82) is 0 Å². The van der Waals surface area contributed by atoms with E-state index in [1.54, 1.807) is 0 Å². The minimum Gasteiger partial charge on any atom is -0.367 e. The summed E-state index contributed by atoms with van der Waals surface area (Å²) in [5, 5.41) is 0. The van der Waals surface area contributed by atoms with Crippen molar-refractivity contribution in [3.63, 3.8) is 0 Å². The highest BCUT2D eigenvalue weighted by atomic mass is 16.7. The van der Waals surface area contributed by atoms with Gasteiger partial charge >= 0.3 is 0 Å². The summed E-state index contributed by atoms with van der Waals surface area (Å²) in [7, 11) is 0. The van der Waals surface area contributed by atoms with E-state index in [1.807, 2.05) is 91.0 Å². The van der Waals surface area contributed by atoms with Crippen molar-refractivity contribution in [2.24, 2.45) is 0 Å². The summed E-state index contributed by atoms with van der Waals surface area (Å²) < 4.78 is 24.2. The molecule has 31 heavy (non-hydrogen) atoms. The molecule has 4 rings (SSSR count). The molecule has 160 valence electrons. The summed E-state index contributed by atoms with van der Waals surface area (Å²) in [6, 6.07) is 29.5. The number of hydrogen-bond acceptors (Lipinski definition) is 5. The molecule has 0 radical (unpaired) electrons. The number of aldehydes is 1. The summed E-state index contributed by atoms with van der Waals surface area (Å²) in [4.78, 5) is 11.8. The lowest BCUT2D eigenvalue weighted by atomic mass is 10.1. The van der Waals surface area contributed by atoms with Crippen molar-refractivity contribution < 1.29 is 23.7 Å². The van der Waals surface area contributed by atoms with Gasteiger partial charge in [-0.3, -0.25) is 0 Å². The predicted molar refractivity (Wildman–Crippen MR) is 116 cm³/mol. The fraction of sp³-hybridized carbons (Fsp3) is 0.269. The maximum Gasteiger partial charge on any atom is 0.187 e. The number of carbonyl (C=O) groups is 1. The molecule has 0 N–H and O–H groups in total. The van der Waals surface area contributed by atoms with Crippen LogP contribution in [0.15, 0.2) is 91.0 Å². The Labute approximate surface area is 182 Å². The Bertz CT molecular complexity index is 916. The molecule has 1 aliphatic heterocycles. The summed E-state index contributed by atoms with van der Waals surface area (Å²) in [6.45, 7) is 1.08. The molecular weight excluding hydrogens is 392 g/mol. The predicted octanol–water partition coefficient (Wildman–Crippen LogP) is 4.30. The topological polar surface area (TPSA) is 54.0 Å². The Morgan fingerprint density at radius 2 is 1.03 bits per heavy atom.